The van der Waals surface area contributed by atoms with Gasteiger partial charge < -0.3 is 5.32 Å². The number of nitrogens with zero attached hydrogens (tertiary/aromatic N) is 1. The maximum atomic E-state index is 11.7. The molecular weight excluding hydrogens is 244 g/mol. The Morgan fingerprint density at radius 1 is 1.28 bits per heavy atom. The minimum Gasteiger partial charge on any atom is -0.352 e. The summed E-state index contributed by atoms with van der Waals surface area (Å²) < 4.78 is 0. The Bertz CT molecular complexity index is 531. The number of rotatable bonds is 4. The summed E-state index contributed by atoms with van der Waals surface area (Å²) in [5.74, 6) is 0.0184. The fourth-order valence-electron chi connectivity index (χ4n) is 1.59. The van der Waals surface area contributed by atoms with Crippen molar-refractivity contribution < 1.29 is 4.79 Å². The third-order valence-corrected chi connectivity index (χ3v) is 3.56. The highest BCUT2D eigenvalue weighted by atomic mass is 32.1. The normalized spacial score (nSPS) is 10.3. The van der Waals surface area contributed by atoms with E-state index in [0.29, 0.717) is 13.0 Å². The summed E-state index contributed by atoms with van der Waals surface area (Å²) in [6, 6.07) is 8.16. The van der Waals surface area contributed by atoms with Crippen molar-refractivity contribution in [2.45, 2.75) is 26.8 Å². The van der Waals surface area contributed by atoms with E-state index >= 15 is 0 Å². The van der Waals surface area contributed by atoms with Crippen LogP contribution in [-0.4, -0.2) is 10.9 Å². The molecule has 1 aromatic carbocycles. The molecule has 1 N–H and O–H groups in total. The minimum atomic E-state index is 0.0184. The summed E-state index contributed by atoms with van der Waals surface area (Å²) in [5, 5.41) is 5.73. The third-order valence-electron chi connectivity index (χ3n) is 2.59. The van der Waals surface area contributed by atoms with E-state index in [9.17, 15) is 4.79 Å². The summed E-state index contributed by atoms with van der Waals surface area (Å²) in [7, 11) is 0. The number of carbonyl (C=O) groups is 1. The average molecular weight is 260 g/mol. The highest BCUT2D eigenvalue weighted by Gasteiger charge is 2.06. The van der Waals surface area contributed by atoms with Crippen LogP contribution in [0.4, 0.5) is 0 Å². The molecule has 4 heteroatoms. The number of carbonyl (C=O) groups excluding carboxylic acids is 1. The van der Waals surface area contributed by atoms with Crippen LogP contribution >= 0.6 is 11.3 Å². The molecule has 0 unspecified atom stereocenters. The van der Waals surface area contributed by atoms with Crippen molar-refractivity contribution in [3.8, 4) is 0 Å². The van der Waals surface area contributed by atoms with Gasteiger partial charge in [0.05, 0.1) is 6.42 Å². The lowest BCUT2D eigenvalue weighted by molar-refractivity contribution is -0.120. The molecule has 0 saturated heterocycles. The van der Waals surface area contributed by atoms with Crippen LogP contribution in [0.1, 0.15) is 21.8 Å². The Hall–Kier alpha value is -1.68. The molecule has 2 aromatic rings. The van der Waals surface area contributed by atoms with E-state index in [2.05, 4.69) is 10.3 Å². The smallest absolute Gasteiger partial charge is 0.227 e. The van der Waals surface area contributed by atoms with Crippen LogP contribution < -0.4 is 5.32 Å². The van der Waals surface area contributed by atoms with Gasteiger partial charge >= 0.3 is 0 Å². The summed E-state index contributed by atoms with van der Waals surface area (Å²) in [6.45, 7) is 4.56. The second kappa shape index (κ2) is 5.78. The van der Waals surface area contributed by atoms with Crippen molar-refractivity contribution in [2.24, 2.45) is 0 Å². The second-order valence-corrected chi connectivity index (χ2v) is 5.26. The van der Waals surface area contributed by atoms with Gasteiger partial charge in [0.25, 0.3) is 0 Å². The number of hydrogen-bond acceptors (Lipinski definition) is 3. The molecule has 1 aromatic heterocycles. The van der Waals surface area contributed by atoms with E-state index in [-0.39, 0.29) is 5.91 Å². The lowest BCUT2D eigenvalue weighted by Gasteiger charge is -2.04. The first-order valence-electron chi connectivity index (χ1n) is 5.87. The molecule has 1 amide bonds. The first-order valence-corrected chi connectivity index (χ1v) is 6.75. The zero-order valence-electron chi connectivity index (χ0n) is 10.6. The lowest BCUT2D eigenvalue weighted by atomic mass is 10.1. The van der Waals surface area contributed by atoms with E-state index in [1.54, 1.807) is 0 Å². The summed E-state index contributed by atoms with van der Waals surface area (Å²) >= 11 is 1.53. The van der Waals surface area contributed by atoms with E-state index < -0.39 is 0 Å². The van der Waals surface area contributed by atoms with Crippen LogP contribution in [0.3, 0.4) is 0 Å². The Morgan fingerprint density at radius 3 is 2.61 bits per heavy atom. The predicted octanol–water partition coefficient (Wildman–Crippen LogP) is 2.62. The Balaban J connectivity index is 1.83. The largest absolute Gasteiger partial charge is 0.352 e. The highest BCUT2D eigenvalue weighted by Crippen LogP contribution is 2.09. The number of benzene rings is 1. The Morgan fingerprint density at radius 2 is 2.00 bits per heavy atom. The monoisotopic (exact) mass is 260 g/mol. The molecule has 0 aliphatic heterocycles. The van der Waals surface area contributed by atoms with Crippen molar-refractivity contribution in [1.82, 2.24) is 10.3 Å². The highest BCUT2D eigenvalue weighted by molar-refractivity contribution is 7.09. The Labute approximate surface area is 111 Å². The van der Waals surface area contributed by atoms with Gasteiger partial charge in [-0.1, -0.05) is 29.8 Å². The van der Waals surface area contributed by atoms with E-state index in [1.807, 2.05) is 43.5 Å². The van der Waals surface area contributed by atoms with Crippen LogP contribution in [0.25, 0.3) is 0 Å². The fourth-order valence-corrected chi connectivity index (χ4v) is 2.36. The second-order valence-electron chi connectivity index (χ2n) is 4.32. The maximum absolute atomic E-state index is 11.7. The van der Waals surface area contributed by atoms with Gasteiger partial charge in [-0.2, -0.15) is 0 Å². The molecule has 0 saturated carbocycles. The number of thiazole rings is 1. The molecule has 0 radical (unpaired) electrons. The molecule has 94 valence electrons. The van der Waals surface area contributed by atoms with E-state index in [0.717, 1.165) is 16.3 Å². The molecule has 0 spiro atoms. The van der Waals surface area contributed by atoms with Crippen molar-refractivity contribution in [1.29, 1.82) is 0 Å². The summed E-state index contributed by atoms with van der Waals surface area (Å²) in [5.41, 5.74) is 3.31. The van der Waals surface area contributed by atoms with Gasteiger partial charge in [-0.05, 0) is 19.4 Å². The number of aryl methyl sites for hydroxylation is 2. The number of aromatic nitrogens is 1. The van der Waals surface area contributed by atoms with Crippen LogP contribution in [0, 0.1) is 13.8 Å². The number of nitrogens with one attached hydrogen (secondary N) is 1. The molecule has 0 bridgehead atoms. The van der Waals surface area contributed by atoms with E-state index in [1.165, 1.54) is 16.9 Å². The summed E-state index contributed by atoms with van der Waals surface area (Å²) in [4.78, 5) is 16.0. The van der Waals surface area contributed by atoms with Gasteiger partial charge in [-0.3, -0.25) is 4.79 Å². The van der Waals surface area contributed by atoms with Crippen molar-refractivity contribution >= 4 is 17.2 Å². The van der Waals surface area contributed by atoms with Crippen LogP contribution in [0.5, 0.6) is 0 Å². The van der Waals surface area contributed by atoms with Gasteiger partial charge in [0.2, 0.25) is 5.91 Å². The number of amides is 1. The van der Waals surface area contributed by atoms with Crippen molar-refractivity contribution in [2.75, 3.05) is 0 Å². The van der Waals surface area contributed by atoms with Crippen LogP contribution in [-0.2, 0) is 17.8 Å². The zero-order valence-corrected chi connectivity index (χ0v) is 11.4. The fraction of sp³-hybridized carbons (Fsp3) is 0.286. The Kier molecular flexibility index (Phi) is 4.10. The topological polar surface area (TPSA) is 42.0 Å². The molecule has 3 nitrogen and oxygen atoms in total. The molecule has 2 rings (SSSR count). The average Bonchev–Trinajstić information content (AvgIpc) is 2.74. The van der Waals surface area contributed by atoms with E-state index in [4.69, 9.17) is 0 Å². The van der Waals surface area contributed by atoms with Crippen molar-refractivity contribution in [3.05, 3.63) is 51.5 Å². The first kappa shape index (κ1) is 12.8. The predicted molar refractivity (Wildman–Crippen MR) is 73.6 cm³/mol. The molecular formula is C14H16N2OS. The SMILES string of the molecule is Cc1ccc(CNC(=O)Cc2nc(C)cs2)cc1. The molecule has 0 atom stereocenters. The molecule has 1 heterocycles. The molecule has 0 aliphatic carbocycles. The molecule has 0 fully saturated rings. The summed E-state index contributed by atoms with van der Waals surface area (Å²) in [6.07, 6.45) is 0.365. The van der Waals surface area contributed by atoms with Crippen LogP contribution in [0.2, 0.25) is 0 Å². The minimum absolute atomic E-state index is 0.0184. The number of hydrogen-bond donors (Lipinski definition) is 1. The van der Waals surface area contributed by atoms with Gasteiger partial charge in [0.15, 0.2) is 0 Å². The quantitative estimate of drug-likeness (QED) is 0.918. The van der Waals surface area contributed by atoms with Crippen LogP contribution in [0.15, 0.2) is 29.6 Å². The standard InChI is InChI=1S/C14H16N2OS/c1-10-3-5-12(6-4-10)8-15-13(17)7-14-16-11(2)9-18-14/h3-6,9H,7-8H2,1-2H3,(H,15,17). The maximum Gasteiger partial charge on any atom is 0.227 e. The zero-order chi connectivity index (χ0) is 13.0. The van der Waals surface area contributed by atoms with Crippen molar-refractivity contribution in [3.63, 3.8) is 0 Å². The first-order chi connectivity index (χ1) is 8.63. The molecule has 0 aliphatic rings. The van der Waals surface area contributed by atoms with Gasteiger partial charge in [-0.15, -0.1) is 11.3 Å². The van der Waals surface area contributed by atoms with Gasteiger partial charge in [0, 0.05) is 17.6 Å². The lowest BCUT2D eigenvalue weighted by Crippen LogP contribution is -2.24. The molecule has 18 heavy (non-hydrogen) atoms. The van der Waals surface area contributed by atoms with Gasteiger partial charge in [-0.25, -0.2) is 4.98 Å². The third kappa shape index (κ3) is 3.67. The van der Waals surface area contributed by atoms with Gasteiger partial charge in [0.1, 0.15) is 5.01 Å².